The number of hydrogen-bond donors (Lipinski definition) is 5. The fourth-order valence-electron chi connectivity index (χ4n) is 1.44. The van der Waals surface area contributed by atoms with Crippen LogP contribution in [0, 0.1) is 0 Å². The first-order valence-electron chi connectivity index (χ1n) is 5.11. The van der Waals surface area contributed by atoms with Crippen molar-refractivity contribution in [2.45, 2.75) is 37.1 Å². The fraction of sp³-hybridized carbons (Fsp3) is 1.00. The summed E-state index contributed by atoms with van der Waals surface area (Å²) in [5.74, 6) is 0. The number of aliphatic hydroxyl groups is 5. The minimum atomic E-state index is -1.15. The standard InChI is InChI=1S/C9H18O7/c10-2-5(12)4-15-8-1-6(13)9(14)7(3-11)16-8/h5-14H,1-4H2/t5?,6?,7?,8-,9-/m1/s1. The molecule has 1 fully saturated rings. The van der Waals surface area contributed by atoms with Crippen molar-refractivity contribution in [3.05, 3.63) is 0 Å². The van der Waals surface area contributed by atoms with Crippen LogP contribution in [-0.2, 0) is 9.47 Å². The van der Waals surface area contributed by atoms with E-state index in [-0.39, 0.29) is 13.0 Å². The Bertz CT molecular complexity index is 200. The lowest BCUT2D eigenvalue weighted by atomic mass is 10.0. The van der Waals surface area contributed by atoms with Gasteiger partial charge in [0.05, 0.1) is 25.9 Å². The van der Waals surface area contributed by atoms with E-state index >= 15 is 0 Å². The summed E-state index contributed by atoms with van der Waals surface area (Å²) < 4.78 is 10.2. The molecule has 1 aliphatic rings. The van der Waals surface area contributed by atoms with Gasteiger partial charge in [0.1, 0.15) is 18.3 Å². The smallest absolute Gasteiger partial charge is 0.160 e. The van der Waals surface area contributed by atoms with E-state index in [0.717, 1.165) is 0 Å². The van der Waals surface area contributed by atoms with Crippen LogP contribution in [0.1, 0.15) is 6.42 Å². The van der Waals surface area contributed by atoms with Crippen molar-refractivity contribution in [1.29, 1.82) is 0 Å². The van der Waals surface area contributed by atoms with Gasteiger partial charge in [-0.05, 0) is 0 Å². The summed E-state index contributed by atoms with van der Waals surface area (Å²) in [7, 11) is 0. The third kappa shape index (κ3) is 3.63. The molecule has 0 spiro atoms. The van der Waals surface area contributed by atoms with E-state index in [4.69, 9.17) is 24.8 Å². The summed E-state index contributed by atoms with van der Waals surface area (Å²) in [6, 6.07) is 0. The fourth-order valence-corrected chi connectivity index (χ4v) is 1.44. The summed E-state index contributed by atoms with van der Waals surface area (Å²) in [6.45, 7) is -0.996. The van der Waals surface area contributed by atoms with Crippen LogP contribution < -0.4 is 0 Å². The molecule has 1 saturated heterocycles. The van der Waals surface area contributed by atoms with Crippen molar-refractivity contribution in [1.82, 2.24) is 0 Å². The maximum absolute atomic E-state index is 9.44. The second kappa shape index (κ2) is 6.45. The quantitative estimate of drug-likeness (QED) is 0.350. The van der Waals surface area contributed by atoms with E-state index < -0.39 is 43.9 Å². The van der Waals surface area contributed by atoms with Crippen LogP contribution in [0.2, 0.25) is 0 Å². The van der Waals surface area contributed by atoms with Gasteiger partial charge in [0, 0.05) is 6.42 Å². The Morgan fingerprint density at radius 1 is 1.31 bits per heavy atom. The van der Waals surface area contributed by atoms with Crippen molar-refractivity contribution in [2.75, 3.05) is 19.8 Å². The zero-order chi connectivity index (χ0) is 12.1. The summed E-state index contributed by atoms with van der Waals surface area (Å²) >= 11 is 0. The maximum atomic E-state index is 9.44. The average Bonchev–Trinajstić information content (AvgIpc) is 2.29. The molecule has 0 aliphatic carbocycles. The van der Waals surface area contributed by atoms with Crippen LogP contribution in [0.3, 0.4) is 0 Å². The van der Waals surface area contributed by atoms with Crippen molar-refractivity contribution in [3.8, 4) is 0 Å². The molecule has 7 heteroatoms. The number of rotatable bonds is 5. The molecule has 0 saturated carbocycles. The van der Waals surface area contributed by atoms with Gasteiger partial charge in [-0.2, -0.15) is 0 Å². The molecule has 96 valence electrons. The first-order chi connectivity index (χ1) is 7.58. The Kier molecular flexibility index (Phi) is 5.56. The van der Waals surface area contributed by atoms with Gasteiger partial charge in [-0.25, -0.2) is 0 Å². The summed E-state index contributed by atoms with van der Waals surface area (Å²) in [6.07, 6.45) is -4.86. The second-order valence-corrected chi connectivity index (χ2v) is 3.75. The monoisotopic (exact) mass is 238 g/mol. The average molecular weight is 238 g/mol. The predicted molar refractivity (Wildman–Crippen MR) is 51.4 cm³/mol. The van der Waals surface area contributed by atoms with Crippen LogP contribution in [0.4, 0.5) is 0 Å². The molecule has 5 N–H and O–H groups in total. The molecule has 5 atom stereocenters. The second-order valence-electron chi connectivity index (χ2n) is 3.75. The van der Waals surface area contributed by atoms with E-state index in [2.05, 4.69) is 0 Å². The molecule has 16 heavy (non-hydrogen) atoms. The van der Waals surface area contributed by atoms with Gasteiger partial charge >= 0.3 is 0 Å². The highest BCUT2D eigenvalue weighted by Crippen LogP contribution is 2.21. The van der Waals surface area contributed by atoms with E-state index in [9.17, 15) is 10.2 Å². The van der Waals surface area contributed by atoms with E-state index in [1.54, 1.807) is 0 Å². The van der Waals surface area contributed by atoms with Gasteiger partial charge < -0.3 is 35.0 Å². The third-order valence-electron chi connectivity index (χ3n) is 2.40. The lowest BCUT2D eigenvalue weighted by molar-refractivity contribution is -0.262. The summed E-state index contributed by atoms with van der Waals surface area (Å²) in [5.41, 5.74) is 0. The van der Waals surface area contributed by atoms with Crippen LogP contribution in [0.25, 0.3) is 0 Å². The molecule has 1 heterocycles. The highest BCUT2D eigenvalue weighted by molar-refractivity contribution is 4.82. The van der Waals surface area contributed by atoms with Gasteiger partial charge in [-0.3, -0.25) is 0 Å². The molecule has 1 rings (SSSR count). The third-order valence-corrected chi connectivity index (χ3v) is 2.40. The van der Waals surface area contributed by atoms with Gasteiger partial charge in [-0.15, -0.1) is 0 Å². The first kappa shape index (κ1) is 13.8. The molecule has 0 radical (unpaired) electrons. The molecule has 0 bridgehead atoms. The topological polar surface area (TPSA) is 120 Å². The molecular weight excluding hydrogens is 220 g/mol. The van der Waals surface area contributed by atoms with Crippen molar-refractivity contribution >= 4 is 0 Å². The van der Waals surface area contributed by atoms with Gasteiger partial charge in [0.2, 0.25) is 0 Å². The Hall–Kier alpha value is -0.280. The van der Waals surface area contributed by atoms with Crippen molar-refractivity contribution in [3.63, 3.8) is 0 Å². The lowest BCUT2D eigenvalue weighted by Crippen LogP contribution is -2.50. The molecule has 0 aromatic rings. The minimum absolute atomic E-state index is 0.0514. The molecule has 7 nitrogen and oxygen atoms in total. The highest BCUT2D eigenvalue weighted by Gasteiger charge is 2.36. The highest BCUT2D eigenvalue weighted by atomic mass is 16.7. The number of aliphatic hydroxyl groups excluding tert-OH is 5. The van der Waals surface area contributed by atoms with Gasteiger partial charge in [0.15, 0.2) is 6.29 Å². The molecule has 0 aromatic heterocycles. The summed E-state index contributed by atoms with van der Waals surface area (Å²) in [4.78, 5) is 0. The largest absolute Gasteiger partial charge is 0.394 e. The molecular formula is C9H18O7. The number of hydrogen-bond acceptors (Lipinski definition) is 7. The first-order valence-corrected chi connectivity index (χ1v) is 5.11. The predicted octanol–water partition coefficient (Wildman–Crippen LogP) is -2.81. The van der Waals surface area contributed by atoms with E-state index in [1.807, 2.05) is 0 Å². The maximum Gasteiger partial charge on any atom is 0.160 e. The normalized spacial score (nSPS) is 37.3. The van der Waals surface area contributed by atoms with Crippen molar-refractivity contribution < 1.29 is 35.0 Å². The Balaban J connectivity index is 2.38. The molecule has 1 aliphatic heterocycles. The van der Waals surface area contributed by atoms with Crippen molar-refractivity contribution in [2.24, 2.45) is 0 Å². The Morgan fingerprint density at radius 2 is 2.00 bits per heavy atom. The molecule has 3 unspecified atom stereocenters. The zero-order valence-corrected chi connectivity index (χ0v) is 8.77. The minimum Gasteiger partial charge on any atom is -0.394 e. The van der Waals surface area contributed by atoms with Crippen LogP contribution in [-0.4, -0.2) is 76.1 Å². The summed E-state index contributed by atoms with van der Waals surface area (Å²) in [5, 5.41) is 45.3. The lowest BCUT2D eigenvalue weighted by Gasteiger charge is -2.36. The van der Waals surface area contributed by atoms with E-state index in [0.29, 0.717) is 0 Å². The van der Waals surface area contributed by atoms with Gasteiger partial charge in [0.25, 0.3) is 0 Å². The molecule has 0 amide bonds. The van der Waals surface area contributed by atoms with Gasteiger partial charge in [-0.1, -0.05) is 0 Å². The Morgan fingerprint density at radius 3 is 2.56 bits per heavy atom. The Labute approximate surface area is 92.9 Å². The number of ether oxygens (including phenoxy) is 2. The zero-order valence-electron chi connectivity index (χ0n) is 8.77. The van der Waals surface area contributed by atoms with E-state index in [1.165, 1.54) is 0 Å². The van der Waals surface area contributed by atoms with Crippen LogP contribution in [0.5, 0.6) is 0 Å². The SMILES string of the molecule is OCC(O)CO[C@H]1CC(O)[C@@H](O)C(CO)O1. The van der Waals surface area contributed by atoms with Crippen LogP contribution >= 0.6 is 0 Å². The molecule has 0 aromatic carbocycles. The van der Waals surface area contributed by atoms with Crippen LogP contribution in [0.15, 0.2) is 0 Å².